The molecule has 0 aromatic carbocycles. The van der Waals surface area contributed by atoms with Gasteiger partial charge in [0.15, 0.2) is 5.69 Å². The van der Waals surface area contributed by atoms with E-state index in [2.05, 4.69) is 10.2 Å². The second-order valence-corrected chi connectivity index (χ2v) is 5.54. The number of aliphatic hydroxyl groups excluding tert-OH is 1. The van der Waals surface area contributed by atoms with Gasteiger partial charge >= 0.3 is 0 Å². The van der Waals surface area contributed by atoms with Crippen LogP contribution >= 0.6 is 0 Å². The van der Waals surface area contributed by atoms with E-state index >= 15 is 0 Å². The van der Waals surface area contributed by atoms with Crippen LogP contribution in [0.5, 0.6) is 0 Å². The second-order valence-electron chi connectivity index (χ2n) is 5.54. The Bertz CT molecular complexity index is 485. The minimum Gasteiger partial charge on any atom is -0.395 e. The van der Waals surface area contributed by atoms with Crippen LogP contribution in [-0.2, 0) is 6.42 Å². The average Bonchev–Trinajstić information content (AvgIpc) is 2.88. The zero-order chi connectivity index (χ0) is 13.6. The fourth-order valence-corrected chi connectivity index (χ4v) is 3.42. The number of nitrogens with two attached hydrogens (primary N) is 1. The summed E-state index contributed by atoms with van der Waals surface area (Å²) >= 11 is 0. The fraction of sp³-hybridized carbons (Fsp3) is 0.692. The number of rotatable bonds is 2. The van der Waals surface area contributed by atoms with Crippen LogP contribution in [0.3, 0.4) is 0 Å². The minimum atomic E-state index is -0.274. The molecule has 2 saturated heterocycles. The Kier molecular flexibility index (Phi) is 2.97. The molecule has 6 nitrogen and oxygen atoms in total. The number of piperidine rings is 1. The van der Waals surface area contributed by atoms with Crippen LogP contribution in [0.2, 0.25) is 0 Å². The number of hydrogen-bond acceptors (Lipinski definition) is 4. The molecule has 1 amide bonds. The Balaban J connectivity index is 1.86. The number of hydrogen-bond donors (Lipinski definition) is 3. The van der Waals surface area contributed by atoms with E-state index in [1.54, 1.807) is 0 Å². The van der Waals surface area contributed by atoms with E-state index in [0.29, 0.717) is 24.2 Å². The van der Waals surface area contributed by atoms with Crippen LogP contribution < -0.4 is 5.73 Å². The van der Waals surface area contributed by atoms with Crippen molar-refractivity contribution >= 4 is 11.6 Å². The summed E-state index contributed by atoms with van der Waals surface area (Å²) in [5.74, 6) is -0.0900. The van der Waals surface area contributed by atoms with Gasteiger partial charge in [-0.3, -0.25) is 9.89 Å². The summed E-state index contributed by atoms with van der Waals surface area (Å²) in [4.78, 5) is 14.5. The number of aromatic nitrogens is 2. The summed E-state index contributed by atoms with van der Waals surface area (Å²) in [6.07, 6.45) is 3.75. The van der Waals surface area contributed by atoms with Gasteiger partial charge < -0.3 is 15.7 Å². The number of nitrogens with one attached hydrogen (secondary N) is 1. The number of carbonyl (C=O) groups excluding carboxylic acids is 1. The molecule has 0 aliphatic carbocycles. The molecule has 6 heteroatoms. The van der Waals surface area contributed by atoms with Crippen LogP contribution in [0.1, 0.15) is 48.8 Å². The molecule has 0 spiro atoms. The smallest absolute Gasteiger partial charge is 0.277 e. The summed E-state index contributed by atoms with van der Waals surface area (Å²) in [5.41, 5.74) is 7.59. The van der Waals surface area contributed by atoms with Crippen molar-refractivity contribution in [2.45, 2.75) is 57.2 Å². The third-order valence-corrected chi connectivity index (χ3v) is 4.38. The molecular formula is C13H20N4O2. The molecule has 2 aliphatic rings. The van der Waals surface area contributed by atoms with Crippen molar-refractivity contribution in [2.75, 3.05) is 5.73 Å². The third kappa shape index (κ3) is 1.90. The summed E-state index contributed by atoms with van der Waals surface area (Å²) in [5, 5.41) is 16.7. The van der Waals surface area contributed by atoms with Crippen LogP contribution in [0, 0.1) is 0 Å². The molecule has 3 rings (SSSR count). The number of aromatic amines is 1. The van der Waals surface area contributed by atoms with E-state index in [-0.39, 0.29) is 24.1 Å². The molecule has 2 atom stereocenters. The van der Waals surface area contributed by atoms with Crippen molar-refractivity contribution in [1.82, 2.24) is 15.1 Å². The number of nitrogens with zero attached hydrogens (tertiary/aromatic N) is 2. The highest BCUT2D eigenvalue weighted by Gasteiger charge is 2.44. The van der Waals surface area contributed by atoms with Gasteiger partial charge in [0.05, 0.1) is 17.5 Å². The Hall–Kier alpha value is -1.56. The third-order valence-electron chi connectivity index (χ3n) is 4.38. The number of carbonyl (C=O) groups is 1. The van der Waals surface area contributed by atoms with Gasteiger partial charge in [0.1, 0.15) is 0 Å². The first-order chi connectivity index (χ1) is 9.11. The minimum absolute atomic E-state index is 0.0900. The number of H-pyrrole nitrogens is 1. The molecule has 104 valence electrons. The number of aliphatic hydroxyl groups is 1. The first-order valence-corrected chi connectivity index (χ1v) is 6.95. The highest BCUT2D eigenvalue weighted by atomic mass is 16.3. The summed E-state index contributed by atoms with van der Waals surface area (Å²) in [6, 6.07) is 0.282. The Morgan fingerprint density at radius 3 is 2.63 bits per heavy atom. The lowest BCUT2D eigenvalue weighted by Crippen LogP contribution is -2.48. The van der Waals surface area contributed by atoms with Gasteiger partial charge in [-0.05, 0) is 32.1 Å². The maximum Gasteiger partial charge on any atom is 0.277 e. The van der Waals surface area contributed by atoms with Gasteiger partial charge in [0.25, 0.3) is 5.91 Å². The van der Waals surface area contributed by atoms with E-state index in [1.165, 1.54) is 0 Å². The summed E-state index contributed by atoms with van der Waals surface area (Å²) in [6.45, 7) is 1.97. The van der Waals surface area contributed by atoms with Gasteiger partial charge in [-0.25, -0.2) is 0 Å². The molecule has 2 unspecified atom stereocenters. The monoisotopic (exact) mass is 264 g/mol. The highest BCUT2D eigenvalue weighted by molar-refractivity contribution is 5.98. The molecule has 19 heavy (non-hydrogen) atoms. The standard InChI is InChI=1S/C13H20N4O2/c1-2-10-11(14)12(16-15-10)13(19)17-7-3-4-8(17)6-9(18)5-7/h7-9,18H,2-6,14H2,1H3,(H,15,16). The van der Waals surface area contributed by atoms with E-state index in [0.717, 1.165) is 25.0 Å². The molecular weight excluding hydrogens is 244 g/mol. The normalized spacial score (nSPS) is 29.8. The van der Waals surface area contributed by atoms with E-state index in [4.69, 9.17) is 5.73 Å². The number of amides is 1. The molecule has 1 aromatic rings. The van der Waals surface area contributed by atoms with E-state index < -0.39 is 0 Å². The van der Waals surface area contributed by atoms with Crippen LogP contribution in [0.4, 0.5) is 5.69 Å². The highest BCUT2D eigenvalue weighted by Crippen LogP contribution is 2.37. The first kappa shape index (κ1) is 12.5. The van der Waals surface area contributed by atoms with Crippen LogP contribution in [0.25, 0.3) is 0 Å². The zero-order valence-electron chi connectivity index (χ0n) is 11.1. The van der Waals surface area contributed by atoms with Crippen molar-refractivity contribution in [3.63, 3.8) is 0 Å². The number of fused-ring (bicyclic) bond motifs is 2. The summed E-state index contributed by atoms with van der Waals surface area (Å²) in [7, 11) is 0. The molecule has 2 bridgehead atoms. The Morgan fingerprint density at radius 1 is 1.47 bits per heavy atom. The topological polar surface area (TPSA) is 95.2 Å². The molecule has 1 aromatic heterocycles. The summed E-state index contributed by atoms with van der Waals surface area (Å²) < 4.78 is 0. The van der Waals surface area contributed by atoms with Crippen LogP contribution in [-0.4, -0.2) is 44.3 Å². The Labute approximate surface area is 112 Å². The van der Waals surface area contributed by atoms with Crippen molar-refractivity contribution in [1.29, 1.82) is 0 Å². The van der Waals surface area contributed by atoms with E-state index in [9.17, 15) is 9.90 Å². The fourth-order valence-electron chi connectivity index (χ4n) is 3.42. The lowest BCUT2D eigenvalue weighted by molar-refractivity contribution is 0.0283. The van der Waals surface area contributed by atoms with Crippen molar-refractivity contribution in [2.24, 2.45) is 0 Å². The first-order valence-electron chi connectivity index (χ1n) is 6.95. The van der Waals surface area contributed by atoms with Gasteiger partial charge in [-0.15, -0.1) is 0 Å². The molecule has 2 fully saturated rings. The van der Waals surface area contributed by atoms with Gasteiger partial charge in [0.2, 0.25) is 0 Å². The Morgan fingerprint density at radius 2 is 2.11 bits per heavy atom. The zero-order valence-corrected chi connectivity index (χ0v) is 11.1. The van der Waals surface area contributed by atoms with Gasteiger partial charge in [-0.2, -0.15) is 5.10 Å². The average molecular weight is 264 g/mol. The van der Waals surface area contributed by atoms with Crippen molar-refractivity contribution in [3.05, 3.63) is 11.4 Å². The lowest BCUT2D eigenvalue weighted by Gasteiger charge is -2.36. The molecule has 0 radical (unpaired) electrons. The maximum absolute atomic E-state index is 12.6. The molecule has 4 N–H and O–H groups in total. The molecule has 0 saturated carbocycles. The van der Waals surface area contributed by atoms with Gasteiger partial charge in [0, 0.05) is 12.1 Å². The predicted octanol–water partition coefficient (Wildman–Crippen LogP) is 0.682. The lowest BCUT2D eigenvalue weighted by atomic mass is 9.99. The largest absolute Gasteiger partial charge is 0.395 e. The maximum atomic E-state index is 12.6. The quantitative estimate of drug-likeness (QED) is 0.732. The second kappa shape index (κ2) is 4.52. The van der Waals surface area contributed by atoms with Crippen LogP contribution in [0.15, 0.2) is 0 Å². The predicted molar refractivity (Wildman–Crippen MR) is 70.6 cm³/mol. The number of nitrogen functional groups attached to an aromatic ring is 1. The van der Waals surface area contributed by atoms with Crippen molar-refractivity contribution in [3.8, 4) is 0 Å². The molecule has 2 aliphatic heterocycles. The molecule has 3 heterocycles. The van der Waals surface area contributed by atoms with Gasteiger partial charge in [-0.1, -0.05) is 6.92 Å². The number of anilines is 1. The van der Waals surface area contributed by atoms with Crippen molar-refractivity contribution < 1.29 is 9.90 Å². The SMILES string of the molecule is CCc1[nH]nc(C(=O)N2C3CCC2CC(O)C3)c1N. The van der Waals surface area contributed by atoms with E-state index in [1.807, 2.05) is 11.8 Å². The number of aryl methyl sites for hydroxylation is 1.